The largest absolute Gasteiger partial charge is 0.545 e. The number of likely N-dealkylation sites (N-methyl/N-ethyl adjacent to an activating group) is 1. The van der Waals surface area contributed by atoms with Crippen LogP contribution in [0.15, 0.2) is 24.3 Å². The Hall–Kier alpha value is -2.23. The summed E-state index contributed by atoms with van der Waals surface area (Å²) in [4.78, 5) is 37.1. The Kier molecular flexibility index (Phi) is 44.7. The van der Waals surface area contributed by atoms with Crippen LogP contribution in [0, 0.1) is 0 Å². The number of allylic oxidation sites excluding steroid dienone is 4. The van der Waals surface area contributed by atoms with E-state index in [9.17, 15) is 19.5 Å². The van der Waals surface area contributed by atoms with Gasteiger partial charge in [-0.05, 0) is 64.2 Å². The Morgan fingerprint density at radius 3 is 1.17 bits per heavy atom. The summed E-state index contributed by atoms with van der Waals surface area (Å²) in [6, 6.07) is 0. The Balaban J connectivity index is 4.28. The molecule has 0 rings (SSSR count). The first-order chi connectivity index (χ1) is 30.6. The Morgan fingerprint density at radius 1 is 0.460 bits per heavy atom. The molecule has 2 atom stereocenters. The average Bonchev–Trinajstić information content (AvgIpc) is 3.24. The summed E-state index contributed by atoms with van der Waals surface area (Å²) < 4.78 is 22.6. The van der Waals surface area contributed by atoms with Gasteiger partial charge in [-0.1, -0.05) is 192 Å². The van der Waals surface area contributed by atoms with Crippen molar-refractivity contribution in [1.29, 1.82) is 0 Å². The smallest absolute Gasteiger partial charge is 0.306 e. The number of carbonyl (C=O) groups excluding carboxylic acids is 3. The number of unbranched alkanes of at least 4 members (excludes halogenated alkanes) is 30. The number of hydrogen-bond donors (Lipinski definition) is 0. The molecule has 0 amide bonds. The highest BCUT2D eigenvalue weighted by Crippen LogP contribution is 2.15. The minimum Gasteiger partial charge on any atom is -0.545 e. The van der Waals surface area contributed by atoms with Gasteiger partial charge in [0.1, 0.15) is 13.2 Å². The topological polar surface area (TPSA) is 111 Å². The van der Waals surface area contributed by atoms with Crippen molar-refractivity contribution in [2.45, 2.75) is 257 Å². The van der Waals surface area contributed by atoms with Gasteiger partial charge in [-0.2, -0.15) is 0 Å². The van der Waals surface area contributed by atoms with Crippen molar-refractivity contribution in [2.75, 3.05) is 47.5 Å². The predicted octanol–water partition coefficient (Wildman–Crippen LogP) is 13.5. The van der Waals surface area contributed by atoms with Gasteiger partial charge in [0, 0.05) is 12.8 Å². The maximum absolute atomic E-state index is 12.8. The third-order valence-electron chi connectivity index (χ3n) is 11.7. The molecule has 9 heteroatoms. The number of quaternary nitrogens is 1. The van der Waals surface area contributed by atoms with E-state index in [-0.39, 0.29) is 38.6 Å². The summed E-state index contributed by atoms with van der Waals surface area (Å²) in [6.07, 6.45) is 49.3. The lowest BCUT2D eigenvalue weighted by molar-refractivity contribution is -0.870. The zero-order chi connectivity index (χ0) is 46.3. The molecule has 0 aromatic rings. The van der Waals surface area contributed by atoms with Crippen molar-refractivity contribution in [2.24, 2.45) is 0 Å². The molecule has 9 nitrogen and oxygen atoms in total. The Labute approximate surface area is 388 Å². The van der Waals surface area contributed by atoms with E-state index in [2.05, 4.69) is 38.2 Å². The third kappa shape index (κ3) is 47.5. The van der Waals surface area contributed by atoms with Crippen molar-refractivity contribution in [3.05, 3.63) is 24.3 Å². The molecule has 0 spiro atoms. The number of carboxylic acid groups (broad SMARTS) is 1. The fraction of sp³-hybridized carbons (Fsp3) is 0.870. The fourth-order valence-electron chi connectivity index (χ4n) is 7.53. The molecule has 370 valence electrons. The highest BCUT2D eigenvalue weighted by Gasteiger charge is 2.22. The summed E-state index contributed by atoms with van der Waals surface area (Å²) in [5, 5.41) is 11.7. The summed E-state index contributed by atoms with van der Waals surface area (Å²) in [5.74, 6) is -2.28. The second-order valence-electron chi connectivity index (χ2n) is 19.2. The first-order valence-electron chi connectivity index (χ1n) is 26.5. The van der Waals surface area contributed by atoms with Gasteiger partial charge in [0.25, 0.3) is 0 Å². The van der Waals surface area contributed by atoms with E-state index in [1.807, 2.05) is 21.1 Å². The summed E-state index contributed by atoms with van der Waals surface area (Å²) in [5.41, 5.74) is 0. The molecule has 0 N–H and O–H groups in total. The second kappa shape index (κ2) is 46.3. The van der Waals surface area contributed by atoms with Crippen LogP contribution >= 0.6 is 0 Å². The molecule has 0 aliphatic rings. The molecule has 2 unspecified atom stereocenters. The minimum absolute atomic E-state index is 0.148. The highest BCUT2D eigenvalue weighted by atomic mass is 16.7. The van der Waals surface area contributed by atoms with Crippen LogP contribution in [0.1, 0.15) is 245 Å². The lowest BCUT2D eigenvalue weighted by Crippen LogP contribution is -2.44. The van der Waals surface area contributed by atoms with Crippen molar-refractivity contribution in [1.82, 2.24) is 0 Å². The van der Waals surface area contributed by atoms with Gasteiger partial charge in [-0.15, -0.1) is 0 Å². The number of rotatable bonds is 49. The van der Waals surface area contributed by atoms with Crippen LogP contribution in [0.25, 0.3) is 0 Å². The van der Waals surface area contributed by atoms with Crippen molar-refractivity contribution >= 4 is 17.9 Å². The first kappa shape index (κ1) is 60.8. The maximum Gasteiger partial charge on any atom is 0.306 e. The van der Waals surface area contributed by atoms with Gasteiger partial charge in [-0.3, -0.25) is 9.59 Å². The number of aliphatic carboxylic acids is 1. The molecule has 0 aliphatic heterocycles. The molecule has 63 heavy (non-hydrogen) atoms. The van der Waals surface area contributed by atoms with Gasteiger partial charge >= 0.3 is 11.9 Å². The molecule has 0 aromatic carbocycles. The van der Waals surface area contributed by atoms with E-state index >= 15 is 0 Å². The monoisotopic (exact) mass is 892 g/mol. The molecular formula is C54H101NO8. The maximum atomic E-state index is 12.8. The molecule has 0 fully saturated rings. The van der Waals surface area contributed by atoms with Crippen molar-refractivity contribution < 1.29 is 42.9 Å². The second-order valence-corrected chi connectivity index (χ2v) is 19.2. The number of ether oxygens (including phenoxy) is 4. The van der Waals surface area contributed by atoms with E-state index in [0.717, 1.165) is 51.4 Å². The highest BCUT2D eigenvalue weighted by molar-refractivity contribution is 5.70. The number of nitrogens with zero attached hydrogens (tertiary/aromatic N) is 1. The lowest BCUT2D eigenvalue weighted by atomic mass is 10.0. The van der Waals surface area contributed by atoms with E-state index in [1.54, 1.807) is 0 Å². The average molecular weight is 892 g/mol. The molecule has 0 heterocycles. The SMILES string of the molecule is CCCCCCCC/C=C\CCCCCCCC(=O)OCC(COC(OCC[N+](C)(C)C)C(=O)[O-])OC(=O)CCCCCCCCCCCCC/C=C\CCCCCCCCCC. The number of hydrogen-bond acceptors (Lipinski definition) is 8. The third-order valence-corrected chi connectivity index (χ3v) is 11.7. The molecule has 0 saturated carbocycles. The summed E-state index contributed by atoms with van der Waals surface area (Å²) in [7, 11) is 5.92. The molecule has 0 radical (unpaired) electrons. The van der Waals surface area contributed by atoms with E-state index in [0.29, 0.717) is 17.4 Å². The van der Waals surface area contributed by atoms with Crippen molar-refractivity contribution in [3.8, 4) is 0 Å². The minimum atomic E-state index is -1.62. The molecule has 0 aromatic heterocycles. The standard InChI is InChI=1S/C54H101NO8/c1-6-8-10-12-14-16-18-20-22-23-24-25-26-27-28-29-31-33-35-37-39-41-43-45-52(57)63-50(49-62-54(53(58)59)60-47-46-55(3,4)5)48-61-51(56)44-42-40-38-36-34-32-30-21-19-17-15-13-11-9-7-2/h21,23-24,30,50,54H,6-20,22,25-29,31-49H2,1-5H3/b24-23-,30-21-. The van der Waals surface area contributed by atoms with Crippen LogP contribution in [0.3, 0.4) is 0 Å². The molecule has 0 saturated heterocycles. The first-order valence-corrected chi connectivity index (χ1v) is 26.5. The van der Waals surface area contributed by atoms with E-state index < -0.39 is 24.3 Å². The zero-order valence-electron chi connectivity index (χ0n) is 42.0. The normalized spacial score (nSPS) is 13.0. The van der Waals surface area contributed by atoms with Gasteiger partial charge in [-0.25, -0.2) is 0 Å². The predicted molar refractivity (Wildman–Crippen MR) is 260 cm³/mol. The summed E-state index contributed by atoms with van der Waals surface area (Å²) in [6.45, 7) is 4.75. The molecule has 0 bridgehead atoms. The van der Waals surface area contributed by atoms with Crippen LogP contribution in [-0.4, -0.2) is 82.3 Å². The fourth-order valence-corrected chi connectivity index (χ4v) is 7.53. The van der Waals surface area contributed by atoms with Gasteiger partial charge in [0.15, 0.2) is 12.4 Å². The van der Waals surface area contributed by atoms with Crippen LogP contribution in [-0.2, 0) is 33.3 Å². The van der Waals surface area contributed by atoms with Crippen LogP contribution in [0.2, 0.25) is 0 Å². The Bertz CT molecular complexity index is 1090. The Morgan fingerprint density at radius 2 is 0.810 bits per heavy atom. The van der Waals surface area contributed by atoms with Crippen LogP contribution < -0.4 is 5.11 Å². The van der Waals surface area contributed by atoms with Crippen LogP contribution in [0.4, 0.5) is 0 Å². The summed E-state index contributed by atoms with van der Waals surface area (Å²) >= 11 is 0. The molecular weight excluding hydrogens is 791 g/mol. The quantitative estimate of drug-likeness (QED) is 0.0195. The van der Waals surface area contributed by atoms with Crippen molar-refractivity contribution in [3.63, 3.8) is 0 Å². The van der Waals surface area contributed by atoms with Crippen LogP contribution in [0.5, 0.6) is 0 Å². The van der Waals surface area contributed by atoms with Gasteiger partial charge < -0.3 is 33.3 Å². The zero-order valence-corrected chi connectivity index (χ0v) is 42.0. The lowest BCUT2D eigenvalue weighted by Gasteiger charge is -2.26. The number of carboxylic acids is 1. The molecule has 0 aliphatic carbocycles. The number of esters is 2. The van der Waals surface area contributed by atoms with E-state index in [4.69, 9.17) is 18.9 Å². The van der Waals surface area contributed by atoms with Gasteiger partial charge in [0.2, 0.25) is 0 Å². The van der Waals surface area contributed by atoms with E-state index in [1.165, 1.54) is 161 Å². The number of carbonyl (C=O) groups is 3. The van der Waals surface area contributed by atoms with Gasteiger partial charge in [0.05, 0.1) is 40.3 Å².